The van der Waals surface area contributed by atoms with E-state index in [1.807, 2.05) is 0 Å². The van der Waals surface area contributed by atoms with Gasteiger partial charge in [-0.3, -0.25) is 4.79 Å². The number of esters is 1. The Bertz CT molecular complexity index is 332. The number of hydrogen-bond acceptors (Lipinski definition) is 5. The van der Waals surface area contributed by atoms with E-state index in [-0.39, 0.29) is 26.1 Å². The van der Waals surface area contributed by atoms with Crippen LogP contribution in [0.5, 0.6) is 0 Å². The molecule has 1 rings (SSSR count). The number of morpholine rings is 1. The molecule has 1 saturated heterocycles. The number of aliphatic carboxylic acids is 1. The van der Waals surface area contributed by atoms with Crippen LogP contribution in [0.1, 0.15) is 6.42 Å². The van der Waals surface area contributed by atoms with Crippen molar-refractivity contribution < 1.29 is 29.0 Å². The van der Waals surface area contributed by atoms with Crippen molar-refractivity contribution in [1.29, 1.82) is 0 Å². The van der Waals surface area contributed by atoms with E-state index in [1.165, 1.54) is 12.0 Å². The van der Waals surface area contributed by atoms with Crippen LogP contribution in [0.3, 0.4) is 0 Å². The number of urea groups is 1. The Morgan fingerprint density at radius 1 is 1.50 bits per heavy atom. The standard InChI is InChI=1S/C10H16N2O6/c1-17-8(13)2-3-11-10(16)12-4-5-18-7(6-12)9(14)15/h7H,2-6H2,1H3,(H,11,16)(H,14,15). The van der Waals surface area contributed by atoms with Crippen molar-refractivity contribution in [2.75, 3.05) is 33.4 Å². The topological polar surface area (TPSA) is 105 Å². The minimum absolute atomic E-state index is 0.000604. The maximum absolute atomic E-state index is 11.7. The van der Waals surface area contributed by atoms with E-state index >= 15 is 0 Å². The van der Waals surface area contributed by atoms with Crippen molar-refractivity contribution in [3.05, 3.63) is 0 Å². The van der Waals surface area contributed by atoms with E-state index in [4.69, 9.17) is 9.84 Å². The largest absolute Gasteiger partial charge is 0.479 e. The third-order valence-corrected chi connectivity index (χ3v) is 2.46. The molecule has 1 aliphatic heterocycles. The number of nitrogens with zero attached hydrogens (tertiary/aromatic N) is 1. The molecule has 8 heteroatoms. The van der Waals surface area contributed by atoms with Crippen LogP contribution in [-0.2, 0) is 19.1 Å². The van der Waals surface area contributed by atoms with E-state index in [1.54, 1.807) is 0 Å². The molecule has 1 fully saturated rings. The first-order chi connectivity index (χ1) is 8.54. The van der Waals surface area contributed by atoms with Gasteiger partial charge in [0.1, 0.15) is 0 Å². The number of carboxylic acid groups (broad SMARTS) is 1. The van der Waals surface area contributed by atoms with Crippen molar-refractivity contribution >= 4 is 18.0 Å². The summed E-state index contributed by atoms with van der Waals surface area (Å²) in [5, 5.41) is 11.3. The van der Waals surface area contributed by atoms with Gasteiger partial charge in [-0.15, -0.1) is 0 Å². The Kier molecular flexibility index (Phi) is 5.37. The molecule has 0 aromatic rings. The number of methoxy groups -OCH3 is 1. The van der Waals surface area contributed by atoms with E-state index in [0.29, 0.717) is 6.54 Å². The number of carbonyl (C=O) groups excluding carboxylic acids is 2. The molecule has 1 aliphatic rings. The molecule has 0 aromatic carbocycles. The summed E-state index contributed by atoms with van der Waals surface area (Å²) in [5.41, 5.74) is 0. The van der Waals surface area contributed by atoms with Crippen LogP contribution in [0.4, 0.5) is 4.79 Å². The number of carboxylic acids is 1. The van der Waals surface area contributed by atoms with Gasteiger partial charge in [0.05, 0.1) is 26.7 Å². The maximum Gasteiger partial charge on any atom is 0.334 e. The van der Waals surface area contributed by atoms with Crippen LogP contribution < -0.4 is 5.32 Å². The smallest absolute Gasteiger partial charge is 0.334 e. The lowest BCUT2D eigenvalue weighted by Gasteiger charge is -2.30. The summed E-state index contributed by atoms with van der Waals surface area (Å²) in [6.07, 6.45) is -0.917. The Morgan fingerprint density at radius 2 is 2.22 bits per heavy atom. The number of ether oxygens (including phenoxy) is 2. The van der Waals surface area contributed by atoms with Gasteiger partial charge in [-0.05, 0) is 0 Å². The third-order valence-electron chi connectivity index (χ3n) is 2.46. The summed E-state index contributed by atoms with van der Waals surface area (Å²) in [6.45, 7) is 0.662. The molecule has 1 unspecified atom stereocenters. The minimum Gasteiger partial charge on any atom is -0.479 e. The predicted molar refractivity (Wildman–Crippen MR) is 59.0 cm³/mol. The minimum atomic E-state index is -1.10. The van der Waals surface area contributed by atoms with Gasteiger partial charge < -0.3 is 24.8 Å². The molecule has 0 bridgehead atoms. The highest BCUT2D eigenvalue weighted by Gasteiger charge is 2.28. The Balaban J connectivity index is 2.32. The zero-order valence-corrected chi connectivity index (χ0v) is 10.0. The Labute approximate surface area is 104 Å². The predicted octanol–water partition coefficient (Wildman–Crippen LogP) is -0.955. The number of hydrogen-bond donors (Lipinski definition) is 2. The van der Waals surface area contributed by atoms with Crippen LogP contribution in [0.25, 0.3) is 0 Å². The van der Waals surface area contributed by atoms with E-state index in [9.17, 15) is 14.4 Å². The highest BCUT2D eigenvalue weighted by Crippen LogP contribution is 2.05. The van der Waals surface area contributed by atoms with E-state index < -0.39 is 24.1 Å². The second-order valence-corrected chi connectivity index (χ2v) is 3.70. The van der Waals surface area contributed by atoms with Crippen molar-refractivity contribution in [3.63, 3.8) is 0 Å². The number of rotatable bonds is 4. The first-order valence-corrected chi connectivity index (χ1v) is 5.48. The van der Waals surface area contributed by atoms with Gasteiger partial charge in [0.2, 0.25) is 0 Å². The van der Waals surface area contributed by atoms with Crippen LogP contribution in [-0.4, -0.2) is 67.4 Å². The summed E-state index contributed by atoms with van der Waals surface area (Å²) < 4.78 is 9.41. The van der Waals surface area contributed by atoms with Crippen molar-refractivity contribution in [3.8, 4) is 0 Å². The molecule has 0 aliphatic carbocycles. The van der Waals surface area contributed by atoms with E-state index in [0.717, 1.165) is 0 Å². The van der Waals surface area contributed by atoms with Gasteiger partial charge in [-0.2, -0.15) is 0 Å². The first kappa shape index (κ1) is 14.2. The Hall–Kier alpha value is -1.83. The molecule has 0 spiro atoms. The molecule has 1 atom stereocenters. The highest BCUT2D eigenvalue weighted by molar-refractivity contribution is 5.78. The normalized spacial score (nSPS) is 19.2. The molecule has 18 heavy (non-hydrogen) atoms. The molecule has 102 valence electrons. The van der Waals surface area contributed by atoms with Crippen LogP contribution in [0.15, 0.2) is 0 Å². The lowest BCUT2D eigenvalue weighted by Crippen LogP contribution is -2.52. The van der Waals surface area contributed by atoms with Gasteiger partial charge >= 0.3 is 18.0 Å². The Morgan fingerprint density at radius 3 is 2.83 bits per heavy atom. The number of nitrogens with one attached hydrogen (secondary N) is 1. The molecule has 2 amide bonds. The first-order valence-electron chi connectivity index (χ1n) is 5.48. The van der Waals surface area contributed by atoms with Crippen molar-refractivity contribution in [2.24, 2.45) is 0 Å². The summed E-state index contributed by atoms with van der Waals surface area (Å²) in [7, 11) is 1.27. The molecule has 0 radical (unpaired) electrons. The second-order valence-electron chi connectivity index (χ2n) is 3.70. The van der Waals surface area contributed by atoms with Gasteiger partial charge in [-0.25, -0.2) is 9.59 Å². The van der Waals surface area contributed by atoms with Crippen LogP contribution in [0, 0.1) is 0 Å². The SMILES string of the molecule is COC(=O)CCNC(=O)N1CCOC(C(=O)O)C1. The molecular weight excluding hydrogens is 244 g/mol. The zero-order chi connectivity index (χ0) is 13.5. The van der Waals surface area contributed by atoms with Gasteiger partial charge in [0.25, 0.3) is 0 Å². The van der Waals surface area contributed by atoms with Gasteiger partial charge in [0, 0.05) is 13.1 Å². The second kappa shape index (κ2) is 6.80. The maximum atomic E-state index is 11.7. The molecule has 8 nitrogen and oxygen atoms in total. The van der Waals surface area contributed by atoms with Gasteiger partial charge in [-0.1, -0.05) is 0 Å². The quantitative estimate of drug-likeness (QED) is 0.631. The van der Waals surface area contributed by atoms with E-state index in [2.05, 4.69) is 10.1 Å². The third kappa shape index (κ3) is 4.21. The monoisotopic (exact) mass is 260 g/mol. The average Bonchev–Trinajstić information content (AvgIpc) is 2.38. The van der Waals surface area contributed by atoms with Crippen LogP contribution >= 0.6 is 0 Å². The number of carbonyl (C=O) groups is 3. The number of amides is 2. The summed E-state index contributed by atoms with van der Waals surface area (Å²) in [5.74, 6) is -1.51. The average molecular weight is 260 g/mol. The highest BCUT2D eigenvalue weighted by atomic mass is 16.5. The van der Waals surface area contributed by atoms with Crippen molar-refractivity contribution in [1.82, 2.24) is 10.2 Å². The molecule has 0 aromatic heterocycles. The fraction of sp³-hybridized carbons (Fsp3) is 0.700. The summed E-state index contributed by atoms with van der Waals surface area (Å²) in [6, 6.07) is -0.409. The van der Waals surface area contributed by atoms with Crippen LogP contribution in [0.2, 0.25) is 0 Å². The van der Waals surface area contributed by atoms with Gasteiger partial charge in [0.15, 0.2) is 6.10 Å². The molecule has 1 heterocycles. The molecular formula is C10H16N2O6. The summed E-state index contributed by atoms with van der Waals surface area (Å²) >= 11 is 0. The lowest BCUT2D eigenvalue weighted by atomic mass is 10.3. The fourth-order valence-corrected chi connectivity index (χ4v) is 1.47. The fourth-order valence-electron chi connectivity index (χ4n) is 1.47. The lowest BCUT2D eigenvalue weighted by molar-refractivity contribution is -0.154. The summed E-state index contributed by atoms with van der Waals surface area (Å²) in [4.78, 5) is 34.5. The molecule has 2 N–H and O–H groups in total. The zero-order valence-electron chi connectivity index (χ0n) is 10.0. The van der Waals surface area contributed by atoms with Crippen molar-refractivity contribution in [2.45, 2.75) is 12.5 Å². The molecule has 0 saturated carbocycles.